The van der Waals surface area contributed by atoms with Crippen molar-refractivity contribution in [3.05, 3.63) is 66.0 Å². The highest BCUT2D eigenvalue weighted by atomic mass is 16.5. The van der Waals surface area contributed by atoms with Gasteiger partial charge in [-0.2, -0.15) is 5.10 Å². The predicted octanol–water partition coefficient (Wildman–Crippen LogP) is 1.83. The molecular weight excluding hydrogens is 394 g/mol. The number of morpholine rings is 1. The van der Waals surface area contributed by atoms with Gasteiger partial charge in [0.05, 0.1) is 25.5 Å². The van der Waals surface area contributed by atoms with Gasteiger partial charge in [0.25, 0.3) is 11.8 Å². The average molecular weight is 424 g/mol. The van der Waals surface area contributed by atoms with E-state index in [1.165, 1.54) is 0 Å². The summed E-state index contributed by atoms with van der Waals surface area (Å²) in [6.45, 7) is 3.25. The average Bonchev–Trinajstić information content (AvgIpc) is 2.83. The number of carbonyl (C=O) groups excluding carboxylic acids is 2. The maximum Gasteiger partial charge on any atom is 0.257 e. The van der Waals surface area contributed by atoms with Crippen LogP contribution in [0, 0.1) is 0 Å². The standard InChI is InChI=1S/C23H29N5O3/c29-22(20-8-2-1-3-9-20)25-12-5-4-10-21(28-13-15-31-16-14-28)23(30)27-26-18-19-7-6-11-24-17-19/h1-3,6-9,11,17-18,21H,4-5,10,12-16H2,(H,25,29)(H,27,30)/b26-18+. The first-order chi connectivity index (χ1) is 15.2. The third-order valence-electron chi connectivity index (χ3n) is 5.09. The van der Waals surface area contributed by atoms with Gasteiger partial charge in [-0.15, -0.1) is 0 Å². The number of benzene rings is 1. The molecule has 2 amide bonds. The largest absolute Gasteiger partial charge is 0.379 e. The lowest BCUT2D eigenvalue weighted by molar-refractivity contribution is -0.128. The minimum Gasteiger partial charge on any atom is -0.379 e. The molecule has 3 rings (SSSR count). The van der Waals surface area contributed by atoms with Crippen LogP contribution in [0.4, 0.5) is 0 Å². The Hall–Kier alpha value is -3.10. The van der Waals surface area contributed by atoms with Crippen LogP contribution in [0.3, 0.4) is 0 Å². The van der Waals surface area contributed by atoms with Crippen LogP contribution in [0.5, 0.6) is 0 Å². The highest BCUT2D eigenvalue weighted by Crippen LogP contribution is 2.12. The lowest BCUT2D eigenvalue weighted by Crippen LogP contribution is -2.50. The van der Waals surface area contributed by atoms with Gasteiger partial charge < -0.3 is 10.1 Å². The molecule has 2 heterocycles. The van der Waals surface area contributed by atoms with Crippen molar-refractivity contribution in [1.29, 1.82) is 0 Å². The second-order valence-corrected chi connectivity index (χ2v) is 7.30. The fraction of sp³-hybridized carbons (Fsp3) is 0.391. The Labute approximate surface area is 182 Å². The summed E-state index contributed by atoms with van der Waals surface area (Å²) in [5.41, 5.74) is 4.13. The van der Waals surface area contributed by atoms with Gasteiger partial charge in [0.15, 0.2) is 0 Å². The summed E-state index contributed by atoms with van der Waals surface area (Å²) in [5, 5.41) is 7.01. The molecule has 1 aliphatic heterocycles. The van der Waals surface area contributed by atoms with Crippen LogP contribution in [-0.2, 0) is 9.53 Å². The SMILES string of the molecule is O=C(NCCCCC(C(=O)N/N=C/c1cccnc1)N1CCOCC1)c1ccccc1. The van der Waals surface area contributed by atoms with Gasteiger partial charge in [0.2, 0.25) is 0 Å². The van der Waals surface area contributed by atoms with Crippen molar-refractivity contribution in [2.45, 2.75) is 25.3 Å². The molecule has 1 aromatic carbocycles. The number of aromatic nitrogens is 1. The lowest BCUT2D eigenvalue weighted by atomic mass is 10.1. The molecule has 2 aromatic rings. The van der Waals surface area contributed by atoms with Crippen molar-refractivity contribution in [3.63, 3.8) is 0 Å². The molecule has 1 saturated heterocycles. The molecule has 1 fully saturated rings. The van der Waals surface area contributed by atoms with Crippen molar-refractivity contribution in [3.8, 4) is 0 Å². The molecule has 1 unspecified atom stereocenters. The van der Waals surface area contributed by atoms with Crippen LogP contribution in [0.1, 0.15) is 35.2 Å². The van der Waals surface area contributed by atoms with Gasteiger partial charge in [0.1, 0.15) is 0 Å². The van der Waals surface area contributed by atoms with E-state index in [0.29, 0.717) is 31.7 Å². The highest BCUT2D eigenvalue weighted by molar-refractivity contribution is 5.94. The third-order valence-corrected chi connectivity index (χ3v) is 5.09. The highest BCUT2D eigenvalue weighted by Gasteiger charge is 2.26. The van der Waals surface area contributed by atoms with Gasteiger partial charge >= 0.3 is 0 Å². The predicted molar refractivity (Wildman–Crippen MR) is 119 cm³/mol. The van der Waals surface area contributed by atoms with Crippen molar-refractivity contribution in [2.75, 3.05) is 32.8 Å². The second kappa shape index (κ2) is 12.6. The molecule has 164 valence electrons. The minimum atomic E-state index is -0.278. The van der Waals surface area contributed by atoms with E-state index in [2.05, 4.69) is 25.7 Å². The molecule has 2 N–H and O–H groups in total. The van der Waals surface area contributed by atoms with Crippen LogP contribution in [0.25, 0.3) is 0 Å². The van der Waals surface area contributed by atoms with Crippen molar-refractivity contribution < 1.29 is 14.3 Å². The molecule has 0 bridgehead atoms. The van der Waals surface area contributed by atoms with Gasteiger partial charge in [0, 0.05) is 43.2 Å². The number of carbonyl (C=O) groups is 2. The first-order valence-electron chi connectivity index (χ1n) is 10.6. The summed E-state index contributed by atoms with van der Waals surface area (Å²) in [6.07, 6.45) is 7.25. The number of amides is 2. The third kappa shape index (κ3) is 7.58. The molecule has 0 aliphatic carbocycles. The number of nitrogens with zero attached hydrogens (tertiary/aromatic N) is 3. The van der Waals surface area contributed by atoms with E-state index >= 15 is 0 Å². The maximum absolute atomic E-state index is 12.8. The molecule has 8 nitrogen and oxygen atoms in total. The Bertz CT molecular complexity index is 839. The van der Waals surface area contributed by atoms with Crippen LogP contribution < -0.4 is 10.7 Å². The minimum absolute atomic E-state index is 0.0761. The second-order valence-electron chi connectivity index (χ2n) is 7.30. The Morgan fingerprint density at radius 1 is 1.13 bits per heavy atom. The summed E-state index contributed by atoms with van der Waals surface area (Å²) in [6, 6.07) is 12.6. The van der Waals surface area contributed by atoms with E-state index in [9.17, 15) is 9.59 Å². The topological polar surface area (TPSA) is 95.9 Å². The molecule has 0 spiro atoms. The van der Waals surface area contributed by atoms with Gasteiger partial charge in [-0.05, 0) is 37.5 Å². The van der Waals surface area contributed by atoms with E-state index in [1.807, 2.05) is 30.3 Å². The Morgan fingerprint density at radius 2 is 1.94 bits per heavy atom. The Balaban J connectivity index is 1.46. The molecule has 1 aliphatic rings. The van der Waals surface area contributed by atoms with Crippen molar-refractivity contribution in [1.82, 2.24) is 20.6 Å². The quantitative estimate of drug-likeness (QED) is 0.345. The zero-order chi connectivity index (χ0) is 21.7. The number of ether oxygens (including phenoxy) is 1. The summed E-state index contributed by atoms with van der Waals surface area (Å²) < 4.78 is 5.42. The zero-order valence-corrected chi connectivity index (χ0v) is 17.6. The molecule has 8 heteroatoms. The summed E-state index contributed by atoms with van der Waals surface area (Å²) >= 11 is 0. The first kappa shape index (κ1) is 22.6. The Morgan fingerprint density at radius 3 is 2.68 bits per heavy atom. The normalized spacial score (nSPS) is 15.5. The fourth-order valence-electron chi connectivity index (χ4n) is 3.42. The van der Waals surface area contributed by atoms with E-state index in [-0.39, 0.29) is 17.9 Å². The number of hydrogen-bond donors (Lipinski definition) is 2. The van der Waals surface area contributed by atoms with Gasteiger partial charge in [-0.3, -0.25) is 19.5 Å². The molecule has 1 atom stereocenters. The molecule has 31 heavy (non-hydrogen) atoms. The zero-order valence-electron chi connectivity index (χ0n) is 17.6. The van der Waals surface area contributed by atoms with E-state index in [0.717, 1.165) is 31.5 Å². The van der Waals surface area contributed by atoms with Crippen LogP contribution >= 0.6 is 0 Å². The summed E-state index contributed by atoms with van der Waals surface area (Å²) in [5.74, 6) is -0.205. The lowest BCUT2D eigenvalue weighted by Gasteiger charge is -2.33. The number of hydrazone groups is 1. The number of hydrogen-bond acceptors (Lipinski definition) is 6. The van der Waals surface area contributed by atoms with Crippen LogP contribution in [0.15, 0.2) is 60.0 Å². The monoisotopic (exact) mass is 423 g/mol. The fourth-order valence-corrected chi connectivity index (χ4v) is 3.42. The number of nitrogens with one attached hydrogen (secondary N) is 2. The summed E-state index contributed by atoms with van der Waals surface area (Å²) in [7, 11) is 0. The molecule has 1 aromatic heterocycles. The maximum atomic E-state index is 12.8. The molecular formula is C23H29N5O3. The number of rotatable bonds is 10. The summed E-state index contributed by atoms with van der Waals surface area (Å²) in [4.78, 5) is 31.1. The van der Waals surface area contributed by atoms with Crippen LogP contribution in [0.2, 0.25) is 0 Å². The van der Waals surface area contributed by atoms with E-state index in [4.69, 9.17) is 4.74 Å². The van der Waals surface area contributed by atoms with Crippen molar-refractivity contribution >= 4 is 18.0 Å². The van der Waals surface area contributed by atoms with Gasteiger partial charge in [-0.1, -0.05) is 24.3 Å². The molecule has 0 saturated carbocycles. The molecule has 0 radical (unpaired) electrons. The first-order valence-corrected chi connectivity index (χ1v) is 10.6. The van der Waals surface area contributed by atoms with Gasteiger partial charge in [-0.25, -0.2) is 5.43 Å². The Kier molecular flexibility index (Phi) is 9.15. The van der Waals surface area contributed by atoms with E-state index < -0.39 is 0 Å². The van der Waals surface area contributed by atoms with Crippen molar-refractivity contribution in [2.24, 2.45) is 5.10 Å². The number of pyridine rings is 1. The van der Waals surface area contributed by atoms with Crippen LogP contribution in [-0.4, -0.2) is 66.8 Å². The van der Waals surface area contributed by atoms with E-state index in [1.54, 1.807) is 30.7 Å². The number of unbranched alkanes of at least 4 members (excludes halogenated alkanes) is 1. The smallest absolute Gasteiger partial charge is 0.257 e.